The summed E-state index contributed by atoms with van der Waals surface area (Å²) in [7, 11) is 0. The van der Waals surface area contributed by atoms with Gasteiger partial charge in [0.1, 0.15) is 0 Å². The van der Waals surface area contributed by atoms with E-state index in [2.05, 4.69) is 24.5 Å². The molecule has 2 N–H and O–H groups in total. The molecule has 0 aromatic rings. The molecule has 0 radical (unpaired) electrons. The highest BCUT2D eigenvalue weighted by Crippen LogP contribution is 2.11. The monoisotopic (exact) mass is 240 g/mol. The molecular weight excluding hydrogens is 212 g/mol. The summed E-state index contributed by atoms with van der Waals surface area (Å²) in [6, 6.07) is 0.335. The summed E-state index contributed by atoms with van der Waals surface area (Å²) in [6.07, 6.45) is 8.40. The van der Waals surface area contributed by atoms with Gasteiger partial charge in [0.15, 0.2) is 0 Å². The third-order valence-electron chi connectivity index (χ3n) is 3.55. The molecule has 3 heteroatoms. The number of unbranched alkanes of at least 4 members (excludes halogenated alkanes) is 3. The largest absolute Gasteiger partial charge is 0.353 e. The van der Waals surface area contributed by atoms with Gasteiger partial charge in [0.05, 0.1) is 5.92 Å². The Morgan fingerprint density at radius 3 is 2.88 bits per heavy atom. The molecule has 1 aliphatic rings. The Bertz CT molecular complexity index is 212. The molecule has 0 aliphatic carbocycles. The van der Waals surface area contributed by atoms with Crippen molar-refractivity contribution in [2.75, 3.05) is 13.1 Å². The van der Waals surface area contributed by atoms with Crippen molar-refractivity contribution in [3.8, 4) is 0 Å². The molecule has 1 saturated heterocycles. The number of rotatable bonds is 7. The normalized spacial score (nSPS) is 22.1. The maximum absolute atomic E-state index is 11.9. The maximum Gasteiger partial charge on any atom is 0.224 e. The number of piperidine rings is 1. The summed E-state index contributed by atoms with van der Waals surface area (Å²) in [5.41, 5.74) is 0. The van der Waals surface area contributed by atoms with E-state index in [-0.39, 0.29) is 11.8 Å². The van der Waals surface area contributed by atoms with Crippen LogP contribution < -0.4 is 10.6 Å². The number of carbonyl (C=O) groups is 1. The van der Waals surface area contributed by atoms with Gasteiger partial charge in [-0.3, -0.25) is 4.79 Å². The molecule has 1 heterocycles. The van der Waals surface area contributed by atoms with E-state index in [4.69, 9.17) is 0 Å². The van der Waals surface area contributed by atoms with Gasteiger partial charge >= 0.3 is 0 Å². The van der Waals surface area contributed by atoms with Crippen molar-refractivity contribution in [1.82, 2.24) is 10.6 Å². The molecule has 0 spiro atoms. The zero-order valence-corrected chi connectivity index (χ0v) is 11.4. The minimum absolute atomic E-state index is 0.196. The molecule has 1 aliphatic heterocycles. The molecule has 0 aromatic carbocycles. The van der Waals surface area contributed by atoms with E-state index in [9.17, 15) is 4.79 Å². The molecule has 100 valence electrons. The average molecular weight is 240 g/mol. The second-order valence-corrected chi connectivity index (χ2v) is 5.30. The van der Waals surface area contributed by atoms with Gasteiger partial charge in [-0.05, 0) is 32.7 Å². The molecule has 1 amide bonds. The standard InChI is InChI=1S/C14H28N2O/c1-3-4-5-6-8-12(2)16-14(17)13-9-7-10-15-11-13/h12-13,15H,3-11H2,1-2H3,(H,16,17)/t12?,13-/m0/s1. The number of hydrogen-bond donors (Lipinski definition) is 2. The topological polar surface area (TPSA) is 41.1 Å². The lowest BCUT2D eigenvalue weighted by Crippen LogP contribution is -2.43. The lowest BCUT2D eigenvalue weighted by molar-refractivity contribution is -0.126. The third-order valence-corrected chi connectivity index (χ3v) is 3.55. The van der Waals surface area contributed by atoms with Gasteiger partial charge in [-0.2, -0.15) is 0 Å². The highest BCUT2D eigenvalue weighted by Gasteiger charge is 2.21. The lowest BCUT2D eigenvalue weighted by Gasteiger charge is -2.24. The molecule has 1 unspecified atom stereocenters. The fourth-order valence-corrected chi connectivity index (χ4v) is 2.39. The van der Waals surface area contributed by atoms with Crippen LogP contribution in [-0.2, 0) is 4.79 Å². The second-order valence-electron chi connectivity index (χ2n) is 5.30. The Hall–Kier alpha value is -0.570. The van der Waals surface area contributed by atoms with Crippen molar-refractivity contribution in [1.29, 1.82) is 0 Å². The molecule has 1 fully saturated rings. The van der Waals surface area contributed by atoms with Gasteiger partial charge < -0.3 is 10.6 Å². The number of nitrogens with one attached hydrogen (secondary N) is 2. The molecule has 17 heavy (non-hydrogen) atoms. The fourth-order valence-electron chi connectivity index (χ4n) is 2.39. The molecule has 0 bridgehead atoms. The summed E-state index contributed by atoms with van der Waals surface area (Å²) in [5, 5.41) is 6.44. The van der Waals surface area contributed by atoms with Gasteiger partial charge in [-0.25, -0.2) is 0 Å². The highest BCUT2D eigenvalue weighted by molar-refractivity contribution is 5.79. The fraction of sp³-hybridized carbons (Fsp3) is 0.929. The Kier molecular flexibility index (Phi) is 7.25. The van der Waals surface area contributed by atoms with Crippen LogP contribution in [0.2, 0.25) is 0 Å². The summed E-state index contributed by atoms with van der Waals surface area (Å²) in [6.45, 7) is 6.27. The van der Waals surface area contributed by atoms with Crippen molar-refractivity contribution in [3.63, 3.8) is 0 Å². The highest BCUT2D eigenvalue weighted by atomic mass is 16.1. The average Bonchev–Trinajstić information content (AvgIpc) is 2.36. The minimum Gasteiger partial charge on any atom is -0.353 e. The van der Waals surface area contributed by atoms with Crippen molar-refractivity contribution in [2.24, 2.45) is 5.92 Å². The van der Waals surface area contributed by atoms with Gasteiger partial charge in [-0.15, -0.1) is 0 Å². The van der Waals surface area contributed by atoms with Gasteiger partial charge in [0, 0.05) is 12.6 Å². The first-order valence-corrected chi connectivity index (χ1v) is 7.25. The maximum atomic E-state index is 11.9. The SMILES string of the molecule is CCCCCCC(C)NC(=O)[C@H]1CCCNC1. The van der Waals surface area contributed by atoms with Crippen LogP contribution in [0.25, 0.3) is 0 Å². The van der Waals surface area contributed by atoms with E-state index in [1.807, 2.05) is 0 Å². The van der Waals surface area contributed by atoms with E-state index in [0.717, 1.165) is 32.4 Å². The van der Waals surface area contributed by atoms with Crippen molar-refractivity contribution < 1.29 is 4.79 Å². The van der Waals surface area contributed by atoms with Crippen molar-refractivity contribution in [2.45, 2.75) is 64.8 Å². The molecule has 0 aromatic heterocycles. The summed E-state index contributed by atoms with van der Waals surface area (Å²) >= 11 is 0. The molecule has 3 nitrogen and oxygen atoms in total. The second kappa shape index (κ2) is 8.51. The third kappa shape index (κ3) is 6.06. The molecule has 0 saturated carbocycles. The smallest absolute Gasteiger partial charge is 0.224 e. The van der Waals surface area contributed by atoms with Crippen LogP contribution in [0.15, 0.2) is 0 Å². The van der Waals surface area contributed by atoms with Crippen LogP contribution in [0.3, 0.4) is 0 Å². The number of hydrogen-bond acceptors (Lipinski definition) is 2. The zero-order valence-electron chi connectivity index (χ0n) is 11.4. The van der Waals surface area contributed by atoms with Crippen LogP contribution in [0.5, 0.6) is 0 Å². The summed E-state index contributed by atoms with van der Waals surface area (Å²) < 4.78 is 0. The van der Waals surface area contributed by atoms with E-state index in [1.165, 1.54) is 25.7 Å². The Morgan fingerprint density at radius 1 is 1.41 bits per heavy atom. The van der Waals surface area contributed by atoms with Crippen LogP contribution >= 0.6 is 0 Å². The summed E-state index contributed by atoms with van der Waals surface area (Å²) in [5.74, 6) is 0.446. The van der Waals surface area contributed by atoms with E-state index < -0.39 is 0 Å². The van der Waals surface area contributed by atoms with Crippen LogP contribution in [-0.4, -0.2) is 25.0 Å². The Labute approximate surface area is 106 Å². The summed E-state index contributed by atoms with van der Waals surface area (Å²) in [4.78, 5) is 11.9. The predicted octanol–water partition coefficient (Wildman–Crippen LogP) is 2.46. The van der Waals surface area contributed by atoms with E-state index in [0.29, 0.717) is 6.04 Å². The molecular formula is C14H28N2O. The lowest BCUT2D eigenvalue weighted by atomic mass is 9.98. The quantitative estimate of drug-likeness (QED) is 0.671. The first-order valence-electron chi connectivity index (χ1n) is 7.25. The van der Waals surface area contributed by atoms with Crippen LogP contribution in [0, 0.1) is 5.92 Å². The van der Waals surface area contributed by atoms with Crippen molar-refractivity contribution >= 4 is 5.91 Å². The van der Waals surface area contributed by atoms with Gasteiger partial charge in [0.25, 0.3) is 0 Å². The zero-order chi connectivity index (χ0) is 12.5. The van der Waals surface area contributed by atoms with Gasteiger partial charge in [-0.1, -0.05) is 32.6 Å². The first kappa shape index (κ1) is 14.5. The Balaban J connectivity index is 2.11. The van der Waals surface area contributed by atoms with Crippen LogP contribution in [0.1, 0.15) is 58.8 Å². The van der Waals surface area contributed by atoms with Crippen LogP contribution in [0.4, 0.5) is 0 Å². The van der Waals surface area contributed by atoms with Crippen molar-refractivity contribution in [3.05, 3.63) is 0 Å². The molecule has 1 rings (SSSR count). The minimum atomic E-state index is 0.196. The molecule has 2 atom stereocenters. The predicted molar refractivity (Wildman–Crippen MR) is 72.0 cm³/mol. The number of amides is 1. The number of carbonyl (C=O) groups excluding carboxylic acids is 1. The Morgan fingerprint density at radius 2 is 2.24 bits per heavy atom. The first-order chi connectivity index (χ1) is 8.24. The van der Waals surface area contributed by atoms with E-state index >= 15 is 0 Å². The van der Waals surface area contributed by atoms with Gasteiger partial charge in [0.2, 0.25) is 5.91 Å². The van der Waals surface area contributed by atoms with E-state index in [1.54, 1.807) is 0 Å².